The summed E-state index contributed by atoms with van der Waals surface area (Å²) in [5.74, 6) is 0.121. The normalized spacial score (nSPS) is 9.75. The average Bonchev–Trinajstić information content (AvgIpc) is 2.08. The van der Waals surface area contributed by atoms with Crippen LogP contribution in [-0.2, 0) is 0 Å². The summed E-state index contributed by atoms with van der Waals surface area (Å²) < 4.78 is 0. The van der Waals surface area contributed by atoms with Crippen molar-refractivity contribution < 1.29 is 5.11 Å². The lowest BCUT2D eigenvalue weighted by molar-refractivity contribution is 0.474. The molecule has 64 valence electrons. The van der Waals surface area contributed by atoms with Crippen molar-refractivity contribution in [2.75, 3.05) is 5.73 Å². The van der Waals surface area contributed by atoms with Gasteiger partial charge in [0.2, 0.25) is 0 Å². The van der Waals surface area contributed by atoms with E-state index >= 15 is 0 Å². The SMILES string of the molecule is CCC(=N)c1cc(N)ccc1O. The highest BCUT2D eigenvalue weighted by atomic mass is 16.3. The van der Waals surface area contributed by atoms with Crippen LogP contribution in [0.15, 0.2) is 18.2 Å². The Morgan fingerprint density at radius 1 is 1.58 bits per heavy atom. The molecule has 0 aromatic heterocycles. The molecule has 0 fully saturated rings. The first-order valence-corrected chi connectivity index (χ1v) is 3.81. The van der Waals surface area contributed by atoms with Gasteiger partial charge in [-0.05, 0) is 24.6 Å². The second-order valence-corrected chi connectivity index (χ2v) is 2.61. The quantitative estimate of drug-likeness (QED) is 0.354. The van der Waals surface area contributed by atoms with Gasteiger partial charge in [0.15, 0.2) is 0 Å². The molecular formula is C9H12N2O. The van der Waals surface area contributed by atoms with E-state index in [0.29, 0.717) is 23.4 Å². The number of nitrogen functional groups attached to an aromatic ring is 1. The zero-order valence-electron chi connectivity index (χ0n) is 6.96. The Morgan fingerprint density at radius 3 is 2.83 bits per heavy atom. The summed E-state index contributed by atoms with van der Waals surface area (Å²) in [7, 11) is 0. The maximum absolute atomic E-state index is 9.34. The number of anilines is 1. The van der Waals surface area contributed by atoms with E-state index in [1.807, 2.05) is 6.92 Å². The minimum atomic E-state index is 0.121. The highest BCUT2D eigenvalue weighted by Crippen LogP contribution is 2.20. The third-order valence-electron chi connectivity index (χ3n) is 1.70. The molecule has 1 aromatic rings. The zero-order valence-corrected chi connectivity index (χ0v) is 6.96. The largest absolute Gasteiger partial charge is 0.507 e. The van der Waals surface area contributed by atoms with Gasteiger partial charge in [0, 0.05) is 17.0 Å². The van der Waals surface area contributed by atoms with Crippen molar-refractivity contribution in [2.24, 2.45) is 0 Å². The van der Waals surface area contributed by atoms with Crippen LogP contribution in [0, 0.1) is 5.41 Å². The Hall–Kier alpha value is -1.51. The van der Waals surface area contributed by atoms with Crippen molar-refractivity contribution in [1.29, 1.82) is 5.41 Å². The fraction of sp³-hybridized carbons (Fsp3) is 0.222. The van der Waals surface area contributed by atoms with Crippen LogP contribution < -0.4 is 5.73 Å². The van der Waals surface area contributed by atoms with Gasteiger partial charge in [-0.1, -0.05) is 6.92 Å². The fourth-order valence-electron chi connectivity index (χ4n) is 0.986. The monoisotopic (exact) mass is 164 g/mol. The van der Waals surface area contributed by atoms with Gasteiger partial charge in [-0.3, -0.25) is 0 Å². The Kier molecular flexibility index (Phi) is 2.33. The number of rotatable bonds is 2. The molecule has 4 N–H and O–H groups in total. The summed E-state index contributed by atoms with van der Waals surface area (Å²) in [5.41, 5.74) is 7.01. The third kappa shape index (κ3) is 1.56. The number of nitrogens with one attached hydrogen (secondary N) is 1. The Labute approximate surface area is 71.3 Å². The predicted molar refractivity (Wildman–Crippen MR) is 49.6 cm³/mol. The van der Waals surface area contributed by atoms with Crippen LogP contribution in [0.4, 0.5) is 5.69 Å². The molecule has 12 heavy (non-hydrogen) atoms. The number of hydrogen-bond acceptors (Lipinski definition) is 3. The van der Waals surface area contributed by atoms with Gasteiger partial charge in [0.1, 0.15) is 5.75 Å². The summed E-state index contributed by atoms with van der Waals surface area (Å²) in [5, 5.41) is 16.8. The van der Waals surface area contributed by atoms with Gasteiger partial charge in [-0.15, -0.1) is 0 Å². The Morgan fingerprint density at radius 2 is 2.25 bits per heavy atom. The molecule has 0 bridgehead atoms. The maximum atomic E-state index is 9.34. The molecule has 3 heteroatoms. The molecular weight excluding hydrogens is 152 g/mol. The predicted octanol–water partition coefficient (Wildman–Crippen LogP) is 1.75. The second-order valence-electron chi connectivity index (χ2n) is 2.61. The lowest BCUT2D eigenvalue weighted by Gasteiger charge is -2.04. The van der Waals surface area contributed by atoms with E-state index in [1.54, 1.807) is 12.1 Å². The molecule has 0 saturated heterocycles. The van der Waals surface area contributed by atoms with E-state index in [4.69, 9.17) is 11.1 Å². The minimum absolute atomic E-state index is 0.121. The number of phenolic OH excluding ortho intramolecular Hbond substituents is 1. The highest BCUT2D eigenvalue weighted by Gasteiger charge is 2.04. The first-order valence-electron chi connectivity index (χ1n) is 3.81. The van der Waals surface area contributed by atoms with Crippen LogP contribution in [0.3, 0.4) is 0 Å². The fourth-order valence-corrected chi connectivity index (χ4v) is 0.986. The molecule has 0 unspecified atom stereocenters. The Bertz CT molecular complexity index is 307. The van der Waals surface area contributed by atoms with Crippen LogP contribution in [0.5, 0.6) is 5.75 Å². The first-order chi connectivity index (χ1) is 5.65. The zero-order chi connectivity index (χ0) is 9.14. The van der Waals surface area contributed by atoms with Crippen molar-refractivity contribution >= 4 is 11.4 Å². The van der Waals surface area contributed by atoms with Crippen LogP contribution in [-0.4, -0.2) is 10.8 Å². The van der Waals surface area contributed by atoms with Crippen LogP contribution in [0.25, 0.3) is 0 Å². The number of phenols is 1. The van der Waals surface area contributed by atoms with Crippen molar-refractivity contribution in [3.8, 4) is 5.75 Å². The van der Waals surface area contributed by atoms with E-state index in [2.05, 4.69) is 0 Å². The number of hydrogen-bond donors (Lipinski definition) is 3. The molecule has 0 atom stereocenters. The van der Waals surface area contributed by atoms with Gasteiger partial charge in [-0.25, -0.2) is 0 Å². The minimum Gasteiger partial charge on any atom is -0.507 e. The Balaban J connectivity index is 3.13. The third-order valence-corrected chi connectivity index (χ3v) is 1.70. The molecule has 1 aromatic carbocycles. The van der Waals surface area contributed by atoms with Gasteiger partial charge in [0.05, 0.1) is 0 Å². The number of aromatic hydroxyl groups is 1. The van der Waals surface area contributed by atoms with Crippen molar-refractivity contribution in [3.63, 3.8) is 0 Å². The lowest BCUT2D eigenvalue weighted by atomic mass is 10.1. The number of benzene rings is 1. The molecule has 0 aliphatic carbocycles. The molecule has 0 aliphatic rings. The molecule has 1 rings (SSSR count). The topological polar surface area (TPSA) is 70.1 Å². The average molecular weight is 164 g/mol. The summed E-state index contributed by atoms with van der Waals surface area (Å²) in [4.78, 5) is 0. The standard InChI is InChI=1S/C9H12N2O/c1-2-8(11)7-5-6(10)3-4-9(7)12/h3-5,11-12H,2,10H2,1H3. The highest BCUT2D eigenvalue weighted by molar-refractivity contribution is 6.01. The van der Waals surface area contributed by atoms with E-state index < -0.39 is 0 Å². The number of nitrogens with two attached hydrogens (primary N) is 1. The molecule has 0 saturated carbocycles. The first kappa shape index (κ1) is 8.59. The smallest absolute Gasteiger partial charge is 0.124 e. The van der Waals surface area contributed by atoms with Crippen LogP contribution in [0.2, 0.25) is 0 Å². The molecule has 0 radical (unpaired) electrons. The molecule has 0 spiro atoms. The summed E-state index contributed by atoms with van der Waals surface area (Å²) in [6.45, 7) is 1.87. The van der Waals surface area contributed by atoms with E-state index in [1.165, 1.54) is 6.07 Å². The van der Waals surface area contributed by atoms with Crippen molar-refractivity contribution in [2.45, 2.75) is 13.3 Å². The van der Waals surface area contributed by atoms with Gasteiger partial charge < -0.3 is 16.2 Å². The van der Waals surface area contributed by atoms with Gasteiger partial charge >= 0.3 is 0 Å². The summed E-state index contributed by atoms with van der Waals surface area (Å²) in [6.07, 6.45) is 0.594. The lowest BCUT2D eigenvalue weighted by Crippen LogP contribution is -1.98. The van der Waals surface area contributed by atoms with Crippen LogP contribution in [0.1, 0.15) is 18.9 Å². The summed E-state index contributed by atoms with van der Waals surface area (Å²) in [6, 6.07) is 4.73. The molecule has 0 heterocycles. The molecule has 3 nitrogen and oxygen atoms in total. The van der Waals surface area contributed by atoms with Crippen molar-refractivity contribution in [3.05, 3.63) is 23.8 Å². The molecule has 0 aliphatic heterocycles. The van der Waals surface area contributed by atoms with Gasteiger partial charge in [-0.2, -0.15) is 0 Å². The van der Waals surface area contributed by atoms with E-state index in [9.17, 15) is 5.11 Å². The van der Waals surface area contributed by atoms with Gasteiger partial charge in [0.25, 0.3) is 0 Å². The van der Waals surface area contributed by atoms with Crippen LogP contribution >= 0.6 is 0 Å². The van der Waals surface area contributed by atoms with E-state index in [-0.39, 0.29) is 5.75 Å². The summed E-state index contributed by atoms with van der Waals surface area (Å²) >= 11 is 0. The van der Waals surface area contributed by atoms with E-state index in [0.717, 1.165) is 0 Å². The molecule has 0 amide bonds. The van der Waals surface area contributed by atoms with Crippen molar-refractivity contribution in [1.82, 2.24) is 0 Å². The second kappa shape index (κ2) is 3.26. The maximum Gasteiger partial charge on any atom is 0.124 e.